The average molecular weight is 249 g/mol. The zero-order valence-electron chi connectivity index (χ0n) is 11.3. The molecule has 18 heavy (non-hydrogen) atoms. The third-order valence-corrected chi connectivity index (χ3v) is 3.81. The van der Waals surface area contributed by atoms with E-state index < -0.39 is 0 Å². The van der Waals surface area contributed by atoms with Crippen LogP contribution in [0.4, 0.5) is 5.82 Å². The van der Waals surface area contributed by atoms with Crippen molar-refractivity contribution in [2.75, 3.05) is 18.5 Å². The Morgan fingerprint density at radius 2 is 2.06 bits per heavy atom. The molecule has 2 heterocycles. The molecule has 0 bridgehead atoms. The Labute approximate surface area is 109 Å². The molecule has 0 spiro atoms. The van der Waals surface area contributed by atoms with Crippen molar-refractivity contribution in [3.05, 3.63) is 18.1 Å². The average Bonchev–Trinajstić information content (AvgIpc) is 2.40. The topological polar surface area (TPSA) is 67.1 Å². The molecule has 1 fully saturated rings. The maximum absolute atomic E-state index is 5.26. The van der Waals surface area contributed by atoms with Crippen LogP contribution in [0.3, 0.4) is 0 Å². The molecule has 5 nitrogen and oxygen atoms in total. The van der Waals surface area contributed by atoms with Gasteiger partial charge in [-0.2, -0.15) is 0 Å². The third kappa shape index (κ3) is 3.40. The molecule has 0 atom stereocenters. The summed E-state index contributed by atoms with van der Waals surface area (Å²) in [6.45, 7) is 7.88. The van der Waals surface area contributed by atoms with Gasteiger partial charge in [0.2, 0.25) is 0 Å². The third-order valence-electron chi connectivity index (χ3n) is 3.81. The van der Waals surface area contributed by atoms with Gasteiger partial charge in [-0.05, 0) is 37.8 Å². The Morgan fingerprint density at radius 3 is 2.56 bits per heavy atom. The van der Waals surface area contributed by atoms with E-state index in [2.05, 4.69) is 34.1 Å². The maximum atomic E-state index is 5.26. The van der Waals surface area contributed by atoms with Crippen LogP contribution >= 0.6 is 0 Å². The van der Waals surface area contributed by atoms with Crippen LogP contribution in [0.2, 0.25) is 0 Å². The van der Waals surface area contributed by atoms with E-state index in [-0.39, 0.29) is 0 Å². The first-order chi connectivity index (χ1) is 8.69. The van der Waals surface area contributed by atoms with E-state index in [9.17, 15) is 0 Å². The van der Waals surface area contributed by atoms with E-state index in [1.54, 1.807) is 12.4 Å². The van der Waals surface area contributed by atoms with Gasteiger partial charge in [0, 0.05) is 6.54 Å². The van der Waals surface area contributed by atoms with Crippen LogP contribution in [0.5, 0.6) is 0 Å². The molecular weight excluding hydrogens is 226 g/mol. The van der Waals surface area contributed by atoms with Gasteiger partial charge in [0.25, 0.3) is 0 Å². The number of rotatable bonds is 4. The maximum Gasteiger partial charge on any atom is 0.158 e. The molecule has 0 aromatic carbocycles. The molecule has 1 aromatic rings. The summed E-state index contributed by atoms with van der Waals surface area (Å²) >= 11 is 0. The van der Waals surface area contributed by atoms with Gasteiger partial charge in [-0.3, -0.25) is 9.88 Å². The SMILES string of the molecule is CC(C)C1CCN(Cc2cnc(NN)cn2)CC1. The van der Waals surface area contributed by atoms with Gasteiger partial charge in [-0.15, -0.1) is 0 Å². The van der Waals surface area contributed by atoms with Crippen molar-refractivity contribution in [3.63, 3.8) is 0 Å². The Kier molecular flexibility index (Phi) is 4.49. The van der Waals surface area contributed by atoms with E-state index in [0.29, 0.717) is 5.82 Å². The van der Waals surface area contributed by atoms with Crippen molar-refractivity contribution in [2.24, 2.45) is 17.7 Å². The quantitative estimate of drug-likeness (QED) is 0.627. The number of nitrogens with zero attached hydrogens (tertiary/aromatic N) is 3. The number of piperidine rings is 1. The molecule has 0 radical (unpaired) electrons. The minimum Gasteiger partial charge on any atom is -0.307 e. The van der Waals surface area contributed by atoms with Crippen LogP contribution in [-0.4, -0.2) is 28.0 Å². The second-order valence-electron chi connectivity index (χ2n) is 5.39. The highest BCUT2D eigenvalue weighted by atomic mass is 15.3. The Morgan fingerprint density at radius 1 is 1.33 bits per heavy atom. The van der Waals surface area contributed by atoms with Crippen LogP contribution < -0.4 is 11.3 Å². The van der Waals surface area contributed by atoms with Crippen LogP contribution in [-0.2, 0) is 6.54 Å². The number of hydrogen-bond donors (Lipinski definition) is 2. The summed E-state index contributed by atoms with van der Waals surface area (Å²) in [6, 6.07) is 0. The standard InChI is InChI=1S/C13H23N5/c1-10(2)11-3-5-18(6-4-11)9-12-7-16-13(17-14)8-15-12/h7-8,10-11H,3-6,9,14H2,1-2H3,(H,16,17). The minimum absolute atomic E-state index is 0.609. The lowest BCUT2D eigenvalue weighted by Gasteiger charge is -2.33. The Balaban J connectivity index is 1.83. The van der Waals surface area contributed by atoms with Crippen molar-refractivity contribution >= 4 is 5.82 Å². The fourth-order valence-corrected chi connectivity index (χ4v) is 2.52. The number of likely N-dealkylation sites (tertiary alicyclic amines) is 1. The summed E-state index contributed by atoms with van der Waals surface area (Å²) in [6.07, 6.45) is 6.07. The molecular formula is C13H23N5. The van der Waals surface area contributed by atoms with E-state index >= 15 is 0 Å². The number of hydrogen-bond acceptors (Lipinski definition) is 5. The van der Waals surface area contributed by atoms with E-state index in [1.165, 1.54) is 25.9 Å². The fourth-order valence-electron chi connectivity index (χ4n) is 2.52. The summed E-state index contributed by atoms with van der Waals surface area (Å²) in [5.74, 6) is 7.57. The molecule has 0 saturated carbocycles. The molecule has 0 unspecified atom stereocenters. The summed E-state index contributed by atoms with van der Waals surface area (Å²) in [5, 5.41) is 0. The first-order valence-corrected chi connectivity index (χ1v) is 6.69. The van der Waals surface area contributed by atoms with Crippen molar-refractivity contribution in [1.29, 1.82) is 0 Å². The zero-order valence-corrected chi connectivity index (χ0v) is 11.3. The fraction of sp³-hybridized carbons (Fsp3) is 0.692. The highest BCUT2D eigenvalue weighted by Crippen LogP contribution is 2.24. The molecule has 2 rings (SSSR count). The molecule has 1 aliphatic heterocycles. The van der Waals surface area contributed by atoms with Crippen molar-refractivity contribution in [3.8, 4) is 0 Å². The van der Waals surface area contributed by atoms with Gasteiger partial charge in [0.05, 0.1) is 18.1 Å². The zero-order chi connectivity index (χ0) is 13.0. The molecule has 0 amide bonds. The number of nitrogens with two attached hydrogens (primary N) is 1. The Bertz CT molecular complexity index is 354. The summed E-state index contributed by atoms with van der Waals surface area (Å²) in [4.78, 5) is 11.0. The second kappa shape index (κ2) is 6.11. The molecule has 100 valence electrons. The van der Waals surface area contributed by atoms with Crippen molar-refractivity contribution < 1.29 is 0 Å². The van der Waals surface area contributed by atoms with Crippen LogP contribution in [0.15, 0.2) is 12.4 Å². The number of aromatic nitrogens is 2. The summed E-state index contributed by atoms with van der Waals surface area (Å²) in [7, 11) is 0. The molecule has 5 heteroatoms. The van der Waals surface area contributed by atoms with Gasteiger partial charge in [0.1, 0.15) is 0 Å². The summed E-state index contributed by atoms with van der Waals surface area (Å²) < 4.78 is 0. The minimum atomic E-state index is 0.609. The number of nitrogens with one attached hydrogen (secondary N) is 1. The van der Waals surface area contributed by atoms with Crippen molar-refractivity contribution in [2.45, 2.75) is 33.2 Å². The van der Waals surface area contributed by atoms with Crippen LogP contribution in [0.25, 0.3) is 0 Å². The predicted octanol–water partition coefficient (Wildman–Crippen LogP) is 1.63. The lowest BCUT2D eigenvalue weighted by Crippen LogP contribution is -2.35. The summed E-state index contributed by atoms with van der Waals surface area (Å²) in [5.41, 5.74) is 3.50. The van der Waals surface area contributed by atoms with E-state index in [4.69, 9.17) is 5.84 Å². The van der Waals surface area contributed by atoms with Gasteiger partial charge in [-0.25, -0.2) is 10.8 Å². The molecule has 1 saturated heterocycles. The highest BCUT2D eigenvalue weighted by Gasteiger charge is 2.21. The van der Waals surface area contributed by atoms with Crippen LogP contribution in [0.1, 0.15) is 32.4 Å². The Hall–Kier alpha value is -1.20. The van der Waals surface area contributed by atoms with Crippen molar-refractivity contribution in [1.82, 2.24) is 14.9 Å². The lowest BCUT2D eigenvalue weighted by atomic mass is 9.87. The molecule has 1 aliphatic rings. The molecule has 3 N–H and O–H groups in total. The van der Waals surface area contributed by atoms with Gasteiger partial charge in [0.15, 0.2) is 5.82 Å². The van der Waals surface area contributed by atoms with E-state index in [1.807, 2.05) is 0 Å². The highest BCUT2D eigenvalue weighted by molar-refractivity contribution is 5.28. The monoisotopic (exact) mass is 249 g/mol. The first-order valence-electron chi connectivity index (χ1n) is 6.69. The second-order valence-corrected chi connectivity index (χ2v) is 5.39. The largest absolute Gasteiger partial charge is 0.307 e. The molecule has 1 aromatic heterocycles. The predicted molar refractivity (Wildman–Crippen MR) is 72.7 cm³/mol. The van der Waals surface area contributed by atoms with Gasteiger partial charge >= 0.3 is 0 Å². The smallest absolute Gasteiger partial charge is 0.158 e. The van der Waals surface area contributed by atoms with E-state index in [0.717, 1.165) is 24.1 Å². The van der Waals surface area contributed by atoms with Gasteiger partial charge in [-0.1, -0.05) is 13.8 Å². The normalized spacial score (nSPS) is 18.2. The van der Waals surface area contributed by atoms with Crippen LogP contribution in [0, 0.1) is 11.8 Å². The first kappa shape index (κ1) is 13.2. The van der Waals surface area contributed by atoms with Gasteiger partial charge < -0.3 is 5.43 Å². The number of anilines is 1. The lowest BCUT2D eigenvalue weighted by molar-refractivity contribution is 0.150. The molecule has 0 aliphatic carbocycles. The number of hydrazine groups is 1. The number of nitrogen functional groups attached to an aromatic ring is 1.